The van der Waals surface area contributed by atoms with Crippen molar-refractivity contribution in [2.75, 3.05) is 13.7 Å². The molecular weight excluding hydrogens is 224 g/mol. The average molecular weight is 246 g/mol. The van der Waals surface area contributed by atoms with Gasteiger partial charge in [0.25, 0.3) is 0 Å². The van der Waals surface area contributed by atoms with Crippen LogP contribution in [0.5, 0.6) is 5.75 Å². The van der Waals surface area contributed by atoms with Crippen molar-refractivity contribution in [3.8, 4) is 11.8 Å². The lowest BCUT2D eigenvalue weighted by Crippen LogP contribution is -2.27. The number of hydrogen-bond acceptors (Lipinski definition) is 3. The van der Waals surface area contributed by atoms with Crippen LogP contribution in [0.2, 0.25) is 0 Å². The van der Waals surface area contributed by atoms with E-state index in [2.05, 4.69) is 25.2 Å². The first-order chi connectivity index (χ1) is 8.63. The average Bonchev–Trinajstić information content (AvgIpc) is 2.37. The Balaban J connectivity index is 2.91. The van der Waals surface area contributed by atoms with Gasteiger partial charge in [0.2, 0.25) is 0 Å². The molecule has 1 aromatic carbocycles. The number of nitrogens with zero attached hydrogens (tertiary/aromatic N) is 1. The zero-order valence-electron chi connectivity index (χ0n) is 11.6. The van der Waals surface area contributed by atoms with Crippen LogP contribution in [-0.4, -0.2) is 13.7 Å². The zero-order chi connectivity index (χ0) is 13.5. The summed E-state index contributed by atoms with van der Waals surface area (Å²) in [5.74, 6) is 1.15. The molecule has 0 aliphatic rings. The highest BCUT2D eigenvalue weighted by molar-refractivity contribution is 5.30. The Morgan fingerprint density at radius 3 is 2.28 bits per heavy atom. The summed E-state index contributed by atoms with van der Waals surface area (Å²) in [4.78, 5) is 0. The van der Waals surface area contributed by atoms with E-state index in [0.717, 1.165) is 11.3 Å². The van der Waals surface area contributed by atoms with Crippen molar-refractivity contribution in [3.05, 3.63) is 29.8 Å². The van der Waals surface area contributed by atoms with E-state index >= 15 is 0 Å². The van der Waals surface area contributed by atoms with Crippen LogP contribution in [0, 0.1) is 23.2 Å². The molecule has 2 atom stereocenters. The van der Waals surface area contributed by atoms with Crippen LogP contribution >= 0.6 is 0 Å². The molecular formula is C15H22N2O. The molecule has 1 aromatic rings. The SMILES string of the molecule is CCOc1ccc(C(NC)C(C#N)C(C)C)cc1. The summed E-state index contributed by atoms with van der Waals surface area (Å²) in [6.45, 7) is 6.79. The molecule has 0 aliphatic heterocycles. The molecule has 2 unspecified atom stereocenters. The molecule has 0 saturated heterocycles. The summed E-state index contributed by atoms with van der Waals surface area (Å²) in [5, 5.41) is 12.5. The third kappa shape index (κ3) is 3.48. The Bertz CT molecular complexity index is 392. The van der Waals surface area contributed by atoms with E-state index in [1.165, 1.54) is 0 Å². The van der Waals surface area contributed by atoms with Crippen LogP contribution in [0.25, 0.3) is 0 Å². The van der Waals surface area contributed by atoms with Crippen molar-refractivity contribution in [2.45, 2.75) is 26.8 Å². The first kappa shape index (κ1) is 14.5. The fourth-order valence-electron chi connectivity index (χ4n) is 2.10. The molecule has 0 spiro atoms. The number of rotatable bonds is 6. The second-order valence-corrected chi connectivity index (χ2v) is 4.67. The first-order valence-electron chi connectivity index (χ1n) is 6.43. The lowest BCUT2D eigenvalue weighted by Gasteiger charge is -2.25. The van der Waals surface area contributed by atoms with Crippen LogP contribution in [0.1, 0.15) is 32.4 Å². The number of ether oxygens (including phenoxy) is 1. The second kappa shape index (κ2) is 7.03. The van der Waals surface area contributed by atoms with E-state index in [0.29, 0.717) is 12.5 Å². The van der Waals surface area contributed by atoms with Crippen molar-refractivity contribution in [1.29, 1.82) is 5.26 Å². The summed E-state index contributed by atoms with van der Waals surface area (Å²) in [6, 6.07) is 10.4. The molecule has 0 radical (unpaired) electrons. The van der Waals surface area contributed by atoms with Gasteiger partial charge in [0, 0.05) is 6.04 Å². The summed E-state index contributed by atoms with van der Waals surface area (Å²) in [6.07, 6.45) is 0. The monoisotopic (exact) mass is 246 g/mol. The van der Waals surface area contributed by atoms with Crippen LogP contribution < -0.4 is 10.1 Å². The molecule has 0 bridgehead atoms. The minimum Gasteiger partial charge on any atom is -0.494 e. The molecule has 0 amide bonds. The van der Waals surface area contributed by atoms with Gasteiger partial charge in [0.05, 0.1) is 18.6 Å². The van der Waals surface area contributed by atoms with Crippen LogP contribution in [0.15, 0.2) is 24.3 Å². The smallest absolute Gasteiger partial charge is 0.119 e. The summed E-state index contributed by atoms with van der Waals surface area (Å²) in [7, 11) is 1.90. The normalized spacial score (nSPS) is 14.0. The molecule has 98 valence electrons. The minimum atomic E-state index is -0.0343. The van der Waals surface area contributed by atoms with Crippen molar-refractivity contribution in [2.24, 2.45) is 11.8 Å². The van der Waals surface area contributed by atoms with Gasteiger partial charge in [-0.2, -0.15) is 5.26 Å². The second-order valence-electron chi connectivity index (χ2n) is 4.67. The van der Waals surface area contributed by atoms with Crippen LogP contribution in [0.3, 0.4) is 0 Å². The highest BCUT2D eigenvalue weighted by atomic mass is 16.5. The number of nitrogens with one attached hydrogen (secondary N) is 1. The van der Waals surface area contributed by atoms with E-state index in [-0.39, 0.29) is 12.0 Å². The molecule has 1 rings (SSSR count). The Morgan fingerprint density at radius 1 is 1.28 bits per heavy atom. The topological polar surface area (TPSA) is 45.0 Å². The number of nitriles is 1. The van der Waals surface area contributed by atoms with Gasteiger partial charge in [-0.3, -0.25) is 0 Å². The van der Waals surface area contributed by atoms with Crippen LogP contribution in [0.4, 0.5) is 0 Å². The van der Waals surface area contributed by atoms with E-state index in [1.54, 1.807) is 0 Å². The highest BCUT2D eigenvalue weighted by Crippen LogP contribution is 2.28. The molecule has 3 heteroatoms. The minimum absolute atomic E-state index is 0.0343. The van der Waals surface area contributed by atoms with E-state index in [4.69, 9.17) is 4.74 Å². The molecule has 0 heterocycles. The highest BCUT2D eigenvalue weighted by Gasteiger charge is 2.24. The Hall–Kier alpha value is -1.53. The fraction of sp³-hybridized carbons (Fsp3) is 0.533. The quantitative estimate of drug-likeness (QED) is 0.838. The van der Waals surface area contributed by atoms with Gasteiger partial charge >= 0.3 is 0 Å². The molecule has 0 fully saturated rings. The predicted octanol–water partition coefficient (Wildman–Crippen LogP) is 3.14. The maximum Gasteiger partial charge on any atom is 0.119 e. The third-order valence-electron chi connectivity index (χ3n) is 3.09. The van der Waals surface area contributed by atoms with Gasteiger partial charge in [-0.05, 0) is 37.6 Å². The summed E-state index contributed by atoms with van der Waals surface area (Å²) in [5.41, 5.74) is 1.13. The molecule has 0 aliphatic carbocycles. The van der Waals surface area contributed by atoms with Gasteiger partial charge < -0.3 is 10.1 Å². The predicted molar refractivity (Wildman–Crippen MR) is 73.4 cm³/mol. The lowest BCUT2D eigenvalue weighted by atomic mass is 9.86. The van der Waals surface area contributed by atoms with Crippen molar-refractivity contribution in [3.63, 3.8) is 0 Å². The van der Waals surface area contributed by atoms with Gasteiger partial charge in [0.15, 0.2) is 0 Å². The van der Waals surface area contributed by atoms with Gasteiger partial charge in [-0.25, -0.2) is 0 Å². The van der Waals surface area contributed by atoms with E-state index < -0.39 is 0 Å². The molecule has 3 nitrogen and oxygen atoms in total. The van der Waals surface area contributed by atoms with Gasteiger partial charge in [-0.15, -0.1) is 0 Å². The number of hydrogen-bond donors (Lipinski definition) is 1. The van der Waals surface area contributed by atoms with Gasteiger partial charge in [-0.1, -0.05) is 26.0 Å². The molecule has 0 aromatic heterocycles. The maximum atomic E-state index is 9.28. The van der Waals surface area contributed by atoms with Crippen molar-refractivity contribution < 1.29 is 4.74 Å². The maximum absolute atomic E-state index is 9.28. The van der Waals surface area contributed by atoms with Crippen LogP contribution in [-0.2, 0) is 0 Å². The Morgan fingerprint density at radius 2 is 1.89 bits per heavy atom. The Kier molecular flexibility index (Phi) is 5.67. The summed E-state index contributed by atoms with van der Waals surface area (Å²) >= 11 is 0. The summed E-state index contributed by atoms with van der Waals surface area (Å²) < 4.78 is 5.42. The largest absolute Gasteiger partial charge is 0.494 e. The molecule has 1 N–H and O–H groups in total. The first-order valence-corrected chi connectivity index (χ1v) is 6.43. The van der Waals surface area contributed by atoms with Crippen molar-refractivity contribution in [1.82, 2.24) is 5.32 Å². The number of benzene rings is 1. The van der Waals surface area contributed by atoms with E-state index in [1.807, 2.05) is 38.2 Å². The molecule has 18 heavy (non-hydrogen) atoms. The Labute approximate surface area is 110 Å². The zero-order valence-corrected chi connectivity index (χ0v) is 11.6. The standard InChI is InChI=1S/C15H22N2O/c1-5-18-13-8-6-12(7-9-13)15(17-4)14(10-16)11(2)3/h6-9,11,14-15,17H,5H2,1-4H3. The third-order valence-corrected chi connectivity index (χ3v) is 3.09. The van der Waals surface area contributed by atoms with Gasteiger partial charge in [0.1, 0.15) is 5.75 Å². The lowest BCUT2D eigenvalue weighted by molar-refractivity contribution is 0.338. The van der Waals surface area contributed by atoms with E-state index in [9.17, 15) is 5.26 Å². The fourth-order valence-corrected chi connectivity index (χ4v) is 2.10. The molecule has 0 saturated carbocycles. The van der Waals surface area contributed by atoms with Crippen molar-refractivity contribution >= 4 is 0 Å².